The molecule has 0 spiro atoms. The summed E-state index contributed by atoms with van der Waals surface area (Å²) in [6, 6.07) is 10.3. The molecule has 0 aliphatic rings. The zero-order chi connectivity index (χ0) is 12.6. The highest BCUT2D eigenvalue weighted by molar-refractivity contribution is 9.25. The van der Waals surface area contributed by atoms with E-state index in [0.717, 1.165) is 12.8 Å². The zero-order valence-electron chi connectivity index (χ0n) is 9.41. The molecule has 17 heavy (non-hydrogen) atoms. The van der Waals surface area contributed by atoms with Crippen molar-refractivity contribution in [2.24, 2.45) is 0 Å². The number of hydrogen-bond donors (Lipinski definition) is 0. The van der Waals surface area contributed by atoms with Crippen LogP contribution in [0.5, 0.6) is 0 Å². The van der Waals surface area contributed by atoms with Crippen LogP contribution in [-0.4, -0.2) is 16.7 Å². The van der Waals surface area contributed by atoms with Crippen molar-refractivity contribution in [2.45, 2.75) is 16.3 Å². The van der Waals surface area contributed by atoms with Crippen LogP contribution in [0, 0.1) is 0 Å². The molecule has 94 valence electrons. The van der Waals surface area contributed by atoms with E-state index in [1.807, 2.05) is 24.3 Å². The number of ether oxygens (including phenoxy) is 1. The molecule has 0 heterocycles. The summed E-state index contributed by atoms with van der Waals surface area (Å²) >= 11 is 5.59. The summed E-state index contributed by atoms with van der Waals surface area (Å²) in [5.41, 5.74) is 1.32. The first-order valence-corrected chi connectivity index (χ1v) is 7.00. The summed E-state index contributed by atoms with van der Waals surface area (Å²) in [5, 5.41) is 0. The van der Waals surface area contributed by atoms with E-state index in [1.165, 1.54) is 5.56 Å². The molecule has 1 nitrogen and oxygen atoms in total. The van der Waals surface area contributed by atoms with Crippen molar-refractivity contribution < 1.29 is 9.13 Å². The summed E-state index contributed by atoms with van der Waals surface area (Å²) in [7, 11) is 0. The number of alkyl halides is 3. The highest BCUT2D eigenvalue weighted by atomic mass is 79.9. The van der Waals surface area contributed by atoms with E-state index in [1.54, 1.807) is 0 Å². The van der Waals surface area contributed by atoms with Gasteiger partial charge in [-0.2, -0.15) is 0 Å². The Morgan fingerprint density at radius 3 is 2.53 bits per heavy atom. The molecule has 0 aliphatic carbocycles. The van der Waals surface area contributed by atoms with E-state index in [9.17, 15) is 4.39 Å². The van der Waals surface area contributed by atoms with Crippen molar-refractivity contribution in [1.29, 1.82) is 0 Å². The van der Waals surface area contributed by atoms with Crippen LogP contribution in [0.1, 0.15) is 12.0 Å². The maximum Gasteiger partial charge on any atom is 0.241 e. The van der Waals surface area contributed by atoms with Gasteiger partial charge in [-0.15, -0.1) is 0 Å². The van der Waals surface area contributed by atoms with Crippen molar-refractivity contribution in [1.82, 2.24) is 0 Å². The van der Waals surface area contributed by atoms with Crippen LogP contribution in [0.15, 0.2) is 42.5 Å². The first-order chi connectivity index (χ1) is 8.08. The lowest BCUT2D eigenvalue weighted by Crippen LogP contribution is -2.12. The van der Waals surface area contributed by atoms with Gasteiger partial charge in [-0.3, -0.25) is 0 Å². The molecule has 0 aromatic heterocycles. The molecule has 0 amide bonds. The van der Waals surface area contributed by atoms with Gasteiger partial charge in [0.1, 0.15) is 6.61 Å². The molecule has 4 heteroatoms. The Bertz CT molecular complexity index is 333. The molecule has 0 saturated carbocycles. The van der Waals surface area contributed by atoms with Crippen molar-refractivity contribution in [2.75, 3.05) is 13.2 Å². The zero-order valence-corrected chi connectivity index (χ0v) is 12.6. The lowest BCUT2D eigenvalue weighted by Gasteiger charge is -2.08. The second kappa shape index (κ2) is 8.01. The summed E-state index contributed by atoms with van der Waals surface area (Å²) in [6.45, 7) is 0.410. The molecule has 0 aliphatic heterocycles. The highest BCUT2D eigenvalue weighted by Crippen LogP contribution is 2.27. The van der Waals surface area contributed by atoms with E-state index < -0.39 is 3.49 Å². The minimum absolute atomic E-state index is 0.0178. The fraction of sp³-hybridized carbons (Fsp3) is 0.385. The molecular weight excluding hydrogens is 351 g/mol. The molecule has 0 saturated heterocycles. The second-order valence-electron chi connectivity index (χ2n) is 3.63. The van der Waals surface area contributed by atoms with Gasteiger partial charge in [-0.25, -0.2) is 4.39 Å². The van der Waals surface area contributed by atoms with Gasteiger partial charge in [-0.05, 0) is 50.3 Å². The van der Waals surface area contributed by atoms with E-state index in [0.29, 0.717) is 6.61 Å². The average molecular weight is 366 g/mol. The van der Waals surface area contributed by atoms with Crippen molar-refractivity contribution >= 4 is 31.9 Å². The summed E-state index contributed by atoms with van der Waals surface area (Å²) in [6.07, 6.45) is 5.95. The Balaban J connectivity index is 2.07. The monoisotopic (exact) mass is 364 g/mol. The SMILES string of the molecule is FC(Br)(Br)COC/C=C/CCc1ccccc1. The first-order valence-electron chi connectivity index (χ1n) is 5.41. The van der Waals surface area contributed by atoms with Crippen LogP contribution in [-0.2, 0) is 11.2 Å². The number of allylic oxidation sites excluding steroid dienone is 1. The van der Waals surface area contributed by atoms with Gasteiger partial charge >= 0.3 is 0 Å². The Morgan fingerprint density at radius 2 is 1.88 bits per heavy atom. The van der Waals surface area contributed by atoms with Gasteiger partial charge in [0.15, 0.2) is 0 Å². The van der Waals surface area contributed by atoms with Crippen LogP contribution in [0.2, 0.25) is 0 Å². The van der Waals surface area contributed by atoms with Gasteiger partial charge in [0.05, 0.1) is 6.61 Å². The molecule has 0 bridgehead atoms. The van der Waals surface area contributed by atoms with Crippen LogP contribution in [0.4, 0.5) is 4.39 Å². The number of hydrogen-bond acceptors (Lipinski definition) is 1. The van der Waals surface area contributed by atoms with Crippen molar-refractivity contribution in [3.63, 3.8) is 0 Å². The number of rotatable bonds is 7. The quantitative estimate of drug-likeness (QED) is 0.389. The predicted octanol–water partition coefficient (Wildman–Crippen LogP) is 4.61. The molecule has 1 rings (SSSR count). The summed E-state index contributed by atoms with van der Waals surface area (Å²) in [4.78, 5) is 0. The van der Waals surface area contributed by atoms with E-state index >= 15 is 0 Å². The Labute approximate surface area is 118 Å². The van der Waals surface area contributed by atoms with Gasteiger partial charge in [0.25, 0.3) is 0 Å². The van der Waals surface area contributed by atoms with Crippen LogP contribution in [0.25, 0.3) is 0 Å². The summed E-state index contributed by atoms with van der Waals surface area (Å²) < 4.78 is 16.4. The normalized spacial score (nSPS) is 12.2. The van der Waals surface area contributed by atoms with E-state index in [2.05, 4.69) is 50.1 Å². The largest absolute Gasteiger partial charge is 0.372 e. The number of halogens is 3. The third kappa shape index (κ3) is 8.52. The fourth-order valence-corrected chi connectivity index (χ4v) is 1.65. The molecule has 1 aromatic rings. The smallest absolute Gasteiger partial charge is 0.241 e. The maximum atomic E-state index is 12.9. The Morgan fingerprint density at radius 1 is 1.18 bits per heavy atom. The Hall–Kier alpha value is -0.190. The molecule has 0 atom stereocenters. The van der Waals surface area contributed by atoms with Crippen molar-refractivity contribution in [3.8, 4) is 0 Å². The topological polar surface area (TPSA) is 9.23 Å². The first kappa shape index (κ1) is 14.9. The lowest BCUT2D eigenvalue weighted by atomic mass is 10.1. The molecule has 0 fully saturated rings. The molecule has 1 aromatic carbocycles. The van der Waals surface area contributed by atoms with Gasteiger partial charge in [-0.1, -0.05) is 42.5 Å². The summed E-state index contributed by atoms with van der Waals surface area (Å²) in [5.74, 6) is 0. The lowest BCUT2D eigenvalue weighted by molar-refractivity contribution is 0.126. The molecule has 0 unspecified atom stereocenters. The van der Waals surface area contributed by atoms with Crippen LogP contribution in [0.3, 0.4) is 0 Å². The minimum atomic E-state index is -1.61. The molecule has 0 radical (unpaired) electrons. The molecule has 0 N–H and O–H groups in total. The van der Waals surface area contributed by atoms with E-state index in [4.69, 9.17) is 4.74 Å². The highest BCUT2D eigenvalue weighted by Gasteiger charge is 2.19. The van der Waals surface area contributed by atoms with Crippen molar-refractivity contribution in [3.05, 3.63) is 48.0 Å². The van der Waals surface area contributed by atoms with Gasteiger partial charge in [0, 0.05) is 0 Å². The van der Waals surface area contributed by atoms with E-state index in [-0.39, 0.29) is 6.61 Å². The molecular formula is C13H15Br2FO. The van der Waals surface area contributed by atoms with Gasteiger partial charge < -0.3 is 4.74 Å². The standard InChI is InChI=1S/C13H15Br2FO/c14-13(15,16)11-17-10-6-2-5-9-12-7-3-1-4-8-12/h1-4,6-8H,5,9-11H2/b6-2+. The number of aryl methyl sites for hydroxylation is 1. The van der Waals surface area contributed by atoms with Crippen LogP contribution < -0.4 is 0 Å². The van der Waals surface area contributed by atoms with Crippen LogP contribution >= 0.6 is 31.9 Å². The average Bonchev–Trinajstić information content (AvgIpc) is 2.28. The minimum Gasteiger partial charge on any atom is -0.372 e. The predicted molar refractivity (Wildman–Crippen MR) is 76.4 cm³/mol. The fourth-order valence-electron chi connectivity index (χ4n) is 1.32. The Kier molecular flexibility index (Phi) is 7.00. The van der Waals surface area contributed by atoms with Gasteiger partial charge in [0.2, 0.25) is 3.49 Å². The maximum absolute atomic E-state index is 12.9. The number of benzene rings is 1. The third-order valence-electron chi connectivity index (χ3n) is 2.09. The second-order valence-corrected chi connectivity index (χ2v) is 7.20. The third-order valence-corrected chi connectivity index (χ3v) is 2.55.